The summed E-state index contributed by atoms with van der Waals surface area (Å²) in [7, 11) is 0. The van der Waals surface area contributed by atoms with Crippen LogP contribution >= 0.6 is 0 Å². The van der Waals surface area contributed by atoms with Crippen molar-refractivity contribution in [3.05, 3.63) is 59.2 Å². The molecule has 1 aliphatic rings. The zero-order valence-corrected chi connectivity index (χ0v) is 17.3. The van der Waals surface area contributed by atoms with Crippen molar-refractivity contribution in [2.75, 3.05) is 13.2 Å². The van der Waals surface area contributed by atoms with E-state index in [2.05, 4.69) is 18.8 Å². The van der Waals surface area contributed by atoms with Crippen molar-refractivity contribution in [3.63, 3.8) is 0 Å². The average molecular weight is 389 g/mol. The molecule has 0 bridgehead atoms. The zero-order valence-electron chi connectivity index (χ0n) is 17.3. The van der Waals surface area contributed by atoms with Crippen LogP contribution in [0.2, 0.25) is 0 Å². The number of hydrogen-bond donors (Lipinski definition) is 2. The molecule has 0 saturated heterocycles. The van der Waals surface area contributed by atoms with Crippen LogP contribution in [0.3, 0.4) is 0 Å². The van der Waals surface area contributed by atoms with Crippen LogP contribution in [0, 0.1) is 18.7 Å². The highest BCUT2D eigenvalue weighted by Crippen LogP contribution is 2.48. The van der Waals surface area contributed by atoms with Gasteiger partial charge in [-0.25, -0.2) is 9.18 Å². The van der Waals surface area contributed by atoms with Crippen molar-refractivity contribution in [2.45, 2.75) is 58.3 Å². The van der Waals surface area contributed by atoms with Crippen LogP contribution in [0.4, 0.5) is 4.39 Å². The SMILES string of the molecule is C=CCN/C(N)=C(/C(=O)OCC1(c2ccc(F)c(C)c2)CC1)C(C)CCCC. The van der Waals surface area contributed by atoms with Crippen molar-refractivity contribution < 1.29 is 13.9 Å². The van der Waals surface area contributed by atoms with Gasteiger partial charge in [-0.05, 0) is 49.3 Å². The molecule has 0 aromatic heterocycles. The monoisotopic (exact) mass is 388 g/mol. The van der Waals surface area contributed by atoms with Crippen LogP contribution in [-0.2, 0) is 14.9 Å². The Balaban J connectivity index is 2.12. The first-order chi connectivity index (χ1) is 13.3. The fraction of sp³-hybridized carbons (Fsp3) is 0.522. The maximum Gasteiger partial charge on any atom is 0.337 e. The van der Waals surface area contributed by atoms with Gasteiger partial charge in [-0.2, -0.15) is 0 Å². The van der Waals surface area contributed by atoms with Crippen LogP contribution < -0.4 is 11.1 Å². The van der Waals surface area contributed by atoms with Crippen LogP contribution in [0.5, 0.6) is 0 Å². The second-order valence-electron chi connectivity index (χ2n) is 7.86. The molecule has 1 aliphatic carbocycles. The van der Waals surface area contributed by atoms with E-state index < -0.39 is 0 Å². The highest BCUT2D eigenvalue weighted by Gasteiger charge is 2.46. The Labute approximate surface area is 168 Å². The summed E-state index contributed by atoms with van der Waals surface area (Å²) in [5, 5.41) is 3.03. The second-order valence-corrected chi connectivity index (χ2v) is 7.86. The molecule has 1 aromatic carbocycles. The molecule has 0 spiro atoms. The van der Waals surface area contributed by atoms with Crippen molar-refractivity contribution in [1.82, 2.24) is 5.32 Å². The van der Waals surface area contributed by atoms with E-state index in [-0.39, 0.29) is 29.7 Å². The van der Waals surface area contributed by atoms with E-state index in [1.165, 1.54) is 6.07 Å². The Hall–Kier alpha value is -2.30. The van der Waals surface area contributed by atoms with Crippen molar-refractivity contribution in [3.8, 4) is 0 Å². The van der Waals surface area contributed by atoms with E-state index in [9.17, 15) is 9.18 Å². The van der Waals surface area contributed by atoms with Gasteiger partial charge in [-0.3, -0.25) is 0 Å². The molecule has 0 amide bonds. The molecule has 1 unspecified atom stereocenters. The number of carbonyl (C=O) groups is 1. The Kier molecular flexibility index (Phi) is 7.67. The lowest BCUT2D eigenvalue weighted by molar-refractivity contribution is -0.140. The number of esters is 1. The molecular weight excluding hydrogens is 355 g/mol. The third-order valence-corrected chi connectivity index (χ3v) is 5.53. The van der Waals surface area contributed by atoms with E-state index in [1.807, 2.05) is 13.0 Å². The first-order valence-corrected chi connectivity index (χ1v) is 10.1. The fourth-order valence-corrected chi connectivity index (χ4v) is 3.43. The van der Waals surface area contributed by atoms with Gasteiger partial charge in [-0.15, -0.1) is 6.58 Å². The minimum absolute atomic E-state index is 0.00739. The number of aryl methyl sites for hydroxylation is 1. The van der Waals surface area contributed by atoms with Gasteiger partial charge < -0.3 is 15.8 Å². The summed E-state index contributed by atoms with van der Waals surface area (Å²) in [4.78, 5) is 12.9. The topological polar surface area (TPSA) is 64.3 Å². The summed E-state index contributed by atoms with van der Waals surface area (Å²) >= 11 is 0. The second kappa shape index (κ2) is 9.76. The third-order valence-electron chi connectivity index (χ3n) is 5.53. The number of hydrogen-bond acceptors (Lipinski definition) is 4. The maximum atomic E-state index is 13.6. The third kappa shape index (κ3) is 5.37. The molecule has 154 valence electrons. The van der Waals surface area contributed by atoms with Gasteiger partial charge >= 0.3 is 5.97 Å². The summed E-state index contributed by atoms with van der Waals surface area (Å²) in [5.74, 6) is -0.223. The number of halogens is 1. The standard InChI is InChI=1S/C23H33FN2O2/c1-5-7-8-16(3)20(21(25)26-13-6-2)22(27)28-15-23(11-12-23)18-9-10-19(24)17(4)14-18/h6,9-10,14,16,26H,2,5,7-8,11-13,15,25H2,1,3-4H3/b21-20+. The highest BCUT2D eigenvalue weighted by atomic mass is 19.1. The normalized spacial score (nSPS) is 16.7. The van der Waals surface area contributed by atoms with E-state index in [4.69, 9.17) is 10.5 Å². The number of unbranched alkanes of at least 4 members (excludes halogenated alkanes) is 1. The van der Waals surface area contributed by atoms with Crippen molar-refractivity contribution >= 4 is 5.97 Å². The van der Waals surface area contributed by atoms with Gasteiger partial charge in [0.25, 0.3) is 0 Å². The predicted molar refractivity (Wildman–Crippen MR) is 111 cm³/mol. The van der Waals surface area contributed by atoms with Crippen LogP contribution in [0.1, 0.15) is 57.1 Å². The quantitative estimate of drug-likeness (QED) is 0.333. The minimum Gasteiger partial charge on any atom is -0.461 e. The Morgan fingerprint density at radius 3 is 2.75 bits per heavy atom. The van der Waals surface area contributed by atoms with Crippen LogP contribution in [0.15, 0.2) is 42.2 Å². The maximum absolute atomic E-state index is 13.6. The van der Waals surface area contributed by atoms with Gasteiger partial charge in [0.1, 0.15) is 18.2 Å². The smallest absolute Gasteiger partial charge is 0.337 e. The summed E-state index contributed by atoms with van der Waals surface area (Å²) in [6.07, 6.45) is 6.51. The van der Waals surface area contributed by atoms with E-state index in [0.717, 1.165) is 37.7 Å². The molecule has 28 heavy (non-hydrogen) atoms. The Bertz CT molecular complexity index is 738. The number of ether oxygens (including phenoxy) is 1. The zero-order chi connectivity index (χ0) is 20.7. The van der Waals surface area contributed by atoms with Gasteiger partial charge in [0, 0.05) is 12.0 Å². The number of carbonyl (C=O) groups excluding carboxylic acids is 1. The van der Waals surface area contributed by atoms with E-state index in [0.29, 0.717) is 23.5 Å². The molecule has 2 rings (SSSR count). The van der Waals surface area contributed by atoms with Crippen molar-refractivity contribution in [2.24, 2.45) is 11.7 Å². The van der Waals surface area contributed by atoms with Crippen molar-refractivity contribution in [1.29, 1.82) is 0 Å². The molecule has 5 heteroatoms. The number of nitrogens with two attached hydrogens (primary N) is 1. The van der Waals surface area contributed by atoms with Crippen LogP contribution in [0.25, 0.3) is 0 Å². The lowest BCUT2D eigenvalue weighted by Crippen LogP contribution is -2.30. The number of rotatable bonds is 11. The van der Waals surface area contributed by atoms with Gasteiger partial charge in [0.15, 0.2) is 0 Å². The molecule has 1 atom stereocenters. The summed E-state index contributed by atoms with van der Waals surface area (Å²) < 4.78 is 19.3. The van der Waals surface area contributed by atoms with E-state index >= 15 is 0 Å². The Morgan fingerprint density at radius 2 is 2.18 bits per heavy atom. The van der Waals surface area contributed by atoms with Gasteiger partial charge in [0.2, 0.25) is 0 Å². The number of benzene rings is 1. The Morgan fingerprint density at radius 1 is 1.46 bits per heavy atom. The molecule has 0 aliphatic heterocycles. The molecule has 1 aromatic rings. The lowest BCUT2D eigenvalue weighted by Gasteiger charge is -2.21. The van der Waals surface area contributed by atoms with Gasteiger partial charge in [-0.1, -0.05) is 44.9 Å². The molecule has 0 radical (unpaired) electrons. The first kappa shape index (κ1) is 22.0. The molecule has 1 fully saturated rings. The first-order valence-electron chi connectivity index (χ1n) is 10.1. The molecular formula is C23H33FN2O2. The predicted octanol–water partition coefficient (Wildman–Crippen LogP) is 4.48. The molecule has 4 nitrogen and oxygen atoms in total. The molecule has 0 heterocycles. The minimum atomic E-state index is -0.372. The van der Waals surface area contributed by atoms with E-state index in [1.54, 1.807) is 19.1 Å². The van der Waals surface area contributed by atoms with Gasteiger partial charge in [0.05, 0.1) is 5.57 Å². The molecule has 3 N–H and O–H groups in total. The largest absolute Gasteiger partial charge is 0.461 e. The van der Waals surface area contributed by atoms with Crippen LogP contribution in [-0.4, -0.2) is 19.1 Å². The summed E-state index contributed by atoms with van der Waals surface area (Å²) in [6, 6.07) is 5.14. The number of nitrogens with one attached hydrogen (secondary N) is 1. The summed E-state index contributed by atoms with van der Waals surface area (Å²) in [6.45, 7) is 10.3. The highest BCUT2D eigenvalue weighted by molar-refractivity contribution is 5.89. The fourth-order valence-electron chi connectivity index (χ4n) is 3.43. The average Bonchev–Trinajstić information content (AvgIpc) is 3.46. The lowest BCUT2D eigenvalue weighted by atomic mass is 9.94. The molecule has 1 saturated carbocycles. The summed E-state index contributed by atoms with van der Waals surface area (Å²) in [5.41, 5.74) is 8.10.